The zero-order chi connectivity index (χ0) is 24.3. The molecule has 3 heterocycles. The van der Waals surface area contributed by atoms with Gasteiger partial charge in [-0.05, 0) is 56.4 Å². The van der Waals surface area contributed by atoms with Crippen LogP contribution in [-0.2, 0) is 14.8 Å². The number of sulfonamides is 1. The van der Waals surface area contributed by atoms with Gasteiger partial charge in [-0.25, -0.2) is 12.8 Å². The van der Waals surface area contributed by atoms with Crippen LogP contribution in [0.15, 0.2) is 35.4 Å². The molecule has 34 heavy (non-hydrogen) atoms. The summed E-state index contributed by atoms with van der Waals surface area (Å²) in [6.07, 6.45) is 6.50. The number of hydrogen-bond donors (Lipinski definition) is 2. The van der Waals surface area contributed by atoms with Crippen molar-refractivity contribution >= 4 is 27.5 Å². The molecule has 1 aromatic heterocycles. The van der Waals surface area contributed by atoms with Crippen LogP contribution in [-0.4, -0.2) is 60.6 Å². The monoisotopic (exact) mass is 490 g/mol. The van der Waals surface area contributed by atoms with Crippen LogP contribution in [0.25, 0.3) is 0 Å². The highest BCUT2D eigenvalue weighted by molar-refractivity contribution is 7.89. The maximum atomic E-state index is 13.8. The summed E-state index contributed by atoms with van der Waals surface area (Å²) in [5.74, 6) is -1.49. The Morgan fingerprint density at radius 2 is 1.79 bits per heavy atom. The smallest absolute Gasteiger partial charge is 0.270 e. The molecule has 2 aromatic rings. The van der Waals surface area contributed by atoms with E-state index >= 15 is 0 Å². The summed E-state index contributed by atoms with van der Waals surface area (Å²) in [7, 11) is -3.87. The minimum absolute atomic E-state index is 0.0207. The quantitative estimate of drug-likeness (QED) is 0.669. The summed E-state index contributed by atoms with van der Waals surface area (Å²) >= 11 is 0. The Labute approximate surface area is 199 Å². The third kappa shape index (κ3) is 5.33. The van der Waals surface area contributed by atoms with Crippen molar-refractivity contribution in [2.24, 2.45) is 5.92 Å². The Bertz CT molecular complexity index is 1160. The lowest BCUT2D eigenvalue weighted by atomic mass is 9.98. The minimum Gasteiger partial charge on any atom is -0.356 e. The topological polar surface area (TPSA) is 103 Å². The second-order valence-electron chi connectivity index (χ2n) is 9.11. The maximum Gasteiger partial charge on any atom is 0.270 e. The van der Waals surface area contributed by atoms with E-state index in [0.29, 0.717) is 43.7 Å². The van der Waals surface area contributed by atoms with Crippen LogP contribution in [0.1, 0.15) is 54.6 Å². The van der Waals surface area contributed by atoms with Crippen LogP contribution in [0, 0.1) is 18.7 Å². The molecule has 2 fully saturated rings. The maximum absolute atomic E-state index is 13.8. The number of carbonyl (C=O) groups is 2. The number of H-pyrrole nitrogens is 1. The fourth-order valence-corrected chi connectivity index (χ4v) is 6.05. The van der Waals surface area contributed by atoms with Gasteiger partial charge in [-0.3, -0.25) is 9.59 Å². The van der Waals surface area contributed by atoms with E-state index in [2.05, 4.69) is 10.3 Å². The second kappa shape index (κ2) is 10.3. The molecule has 2 amide bonds. The van der Waals surface area contributed by atoms with Crippen molar-refractivity contribution in [2.45, 2.75) is 50.3 Å². The standard InChI is InChI=1S/C24H31FN4O4S/c1-17-8-9-19(13-21(17)25)27-23(30)18-7-6-12-29(16-18)34(32,33)20-14-22(26-15-20)24(31)28-10-4-2-3-5-11-28/h8-9,13-15,18,26H,2-7,10-12,16H2,1H3,(H,27,30). The van der Waals surface area contributed by atoms with E-state index < -0.39 is 21.8 Å². The number of anilines is 1. The summed E-state index contributed by atoms with van der Waals surface area (Å²) < 4.78 is 41.6. The minimum atomic E-state index is -3.87. The number of carbonyl (C=O) groups excluding carboxylic acids is 2. The number of nitrogens with one attached hydrogen (secondary N) is 2. The van der Waals surface area contributed by atoms with E-state index in [-0.39, 0.29) is 28.9 Å². The van der Waals surface area contributed by atoms with Gasteiger partial charge in [-0.1, -0.05) is 18.9 Å². The van der Waals surface area contributed by atoms with Gasteiger partial charge in [-0.2, -0.15) is 4.31 Å². The van der Waals surface area contributed by atoms with Crippen LogP contribution in [0.3, 0.4) is 0 Å². The molecule has 184 valence electrons. The summed E-state index contributed by atoms with van der Waals surface area (Å²) in [4.78, 5) is 30.2. The van der Waals surface area contributed by atoms with Crippen LogP contribution < -0.4 is 5.32 Å². The Morgan fingerprint density at radius 1 is 1.06 bits per heavy atom. The van der Waals surface area contributed by atoms with Crippen molar-refractivity contribution < 1.29 is 22.4 Å². The molecule has 2 saturated heterocycles. The third-order valence-electron chi connectivity index (χ3n) is 6.61. The molecule has 1 aromatic carbocycles. The van der Waals surface area contributed by atoms with E-state index in [0.717, 1.165) is 25.7 Å². The predicted molar refractivity (Wildman–Crippen MR) is 126 cm³/mol. The first-order valence-corrected chi connectivity index (χ1v) is 13.2. The zero-order valence-corrected chi connectivity index (χ0v) is 20.2. The zero-order valence-electron chi connectivity index (χ0n) is 19.3. The largest absolute Gasteiger partial charge is 0.356 e. The fraction of sp³-hybridized carbons (Fsp3) is 0.500. The molecule has 4 rings (SSSR count). The van der Waals surface area contributed by atoms with Gasteiger partial charge < -0.3 is 15.2 Å². The SMILES string of the molecule is Cc1ccc(NC(=O)C2CCCN(S(=O)(=O)c3c[nH]c(C(=O)N4CCCCCC4)c3)C2)cc1F. The molecule has 0 radical (unpaired) electrons. The van der Waals surface area contributed by atoms with E-state index in [1.165, 1.54) is 22.6 Å². The lowest BCUT2D eigenvalue weighted by Crippen LogP contribution is -2.43. The van der Waals surface area contributed by atoms with Crippen LogP contribution in [0.5, 0.6) is 0 Å². The first-order chi connectivity index (χ1) is 16.3. The molecule has 0 saturated carbocycles. The number of benzene rings is 1. The van der Waals surface area contributed by atoms with Gasteiger partial charge in [0.05, 0.1) is 5.92 Å². The van der Waals surface area contributed by atoms with E-state index in [1.807, 2.05) is 0 Å². The van der Waals surface area contributed by atoms with Crippen LogP contribution >= 0.6 is 0 Å². The summed E-state index contributed by atoms with van der Waals surface area (Å²) in [6.45, 7) is 3.31. The number of nitrogens with zero attached hydrogens (tertiary/aromatic N) is 2. The Balaban J connectivity index is 1.43. The molecule has 0 aliphatic carbocycles. The number of piperidine rings is 1. The van der Waals surface area contributed by atoms with Crippen molar-refractivity contribution in [3.63, 3.8) is 0 Å². The predicted octanol–water partition coefficient (Wildman–Crippen LogP) is 3.52. The highest BCUT2D eigenvalue weighted by Crippen LogP contribution is 2.26. The van der Waals surface area contributed by atoms with Crippen molar-refractivity contribution in [3.05, 3.63) is 47.5 Å². The average molecular weight is 491 g/mol. The first kappa shape index (κ1) is 24.4. The molecule has 0 spiro atoms. The molecule has 1 atom stereocenters. The summed E-state index contributed by atoms with van der Waals surface area (Å²) in [6, 6.07) is 5.85. The highest BCUT2D eigenvalue weighted by atomic mass is 32.2. The van der Waals surface area contributed by atoms with Gasteiger partial charge in [0.1, 0.15) is 16.4 Å². The molecular weight excluding hydrogens is 459 g/mol. The average Bonchev–Trinajstić information content (AvgIpc) is 3.18. The molecule has 2 aliphatic rings. The summed E-state index contributed by atoms with van der Waals surface area (Å²) in [5.41, 5.74) is 1.08. The Kier molecular flexibility index (Phi) is 7.37. The van der Waals surface area contributed by atoms with Gasteiger partial charge >= 0.3 is 0 Å². The normalized spacial score (nSPS) is 20.1. The lowest BCUT2D eigenvalue weighted by Gasteiger charge is -2.31. The van der Waals surface area contributed by atoms with Gasteiger partial charge in [0.15, 0.2) is 0 Å². The molecule has 2 aliphatic heterocycles. The first-order valence-electron chi connectivity index (χ1n) is 11.8. The Hall–Kier alpha value is -2.72. The molecule has 2 N–H and O–H groups in total. The van der Waals surface area contributed by atoms with Gasteiger partial charge in [0, 0.05) is 38.1 Å². The number of aryl methyl sites for hydroxylation is 1. The number of amides is 2. The van der Waals surface area contributed by atoms with Crippen molar-refractivity contribution in [3.8, 4) is 0 Å². The van der Waals surface area contributed by atoms with Crippen LogP contribution in [0.4, 0.5) is 10.1 Å². The lowest BCUT2D eigenvalue weighted by molar-refractivity contribution is -0.120. The fourth-order valence-electron chi connectivity index (χ4n) is 4.53. The molecule has 1 unspecified atom stereocenters. The Morgan fingerprint density at radius 3 is 2.50 bits per heavy atom. The van der Waals surface area contributed by atoms with Crippen molar-refractivity contribution in [2.75, 3.05) is 31.5 Å². The molecule has 8 nitrogen and oxygen atoms in total. The van der Waals surface area contributed by atoms with Gasteiger partial charge in [0.2, 0.25) is 15.9 Å². The van der Waals surface area contributed by atoms with E-state index in [1.54, 1.807) is 24.0 Å². The van der Waals surface area contributed by atoms with Crippen molar-refractivity contribution in [1.82, 2.24) is 14.2 Å². The highest BCUT2D eigenvalue weighted by Gasteiger charge is 2.34. The summed E-state index contributed by atoms with van der Waals surface area (Å²) in [5, 5.41) is 2.70. The molecular formula is C24H31FN4O4S. The van der Waals surface area contributed by atoms with E-state index in [4.69, 9.17) is 0 Å². The van der Waals surface area contributed by atoms with Gasteiger partial charge in [-0.15, -0.1) is 0 Å². The number of aromatic amines is 1. The van der Waals surface area contributed by atoms with E-state index in [9.17, 15) is 22.4 Å². The molecule has 10 heteroatoms. The van der Waals surface area contributed by atoms with Crippen LogP contribution in [0.2, 0.25) is 0 Å². The van der Waals surface area contributed by atoms with Crippen molar-refractivity contribution in [1.29, 1.82) is 0 Å². The van der Waals surface area contributed by atoms with Gasteiger partial charge in [0.25, 0.3) is 5.91 Å². The molecule has 0 bridgehead atoms. The number of likely N-dealkylation sites (tertiary alicyclic amines) is 1. The second-order valence-corrected chi connectivity index (χ2v) is 11.0. The number of halogens is 1. The number of hydrogen-bond acceptors (Lipinski definition) is 4. The number of rotatable bonds is 5. The third-order valence-corrected chi connectivity index (χ3v) is 8.46. The number of aromatic nitrogens is 1.